The van der Waals surface area contributed by atoms with Crippen LogP contribution in [0.15, 0.2) is 30.3 Å². The van der Waals surface area contributed by atoms with Crippen molar-refractivity contribution < 1.29 is 14.4 Å². The van der Waals surface area contributed by atoms with Crippen molar-refractivity contribution in [3.63, 3.8) is 0 Å². The van der Waals surface area contributed by atoms with Gasteiger partial charge in [-0.1, -0.05) is 39.0 Å². The summed E-state index contributed by atoms with van der Waals surface area (Å²) >= 11 is 0. The maximum Gasteiger partial charge on any atom is 0.254 e. The maximum absolute atomic E-state index is 12.9. The van der Waals surface area contributed by atoms with Gasteiger partial charge in [-0.15, -0.1) is 0 Å². The minimum Gasteiger partial charge on any atom is -0.328 e. The smallest absolute Gasteiger partial charge is 0.254 e. The van der Waals surface area contributed by atoms with E-state index in [9.17, 15) is 14.4 Å². The molecule has 0 aliphatic rings. The summed E-state index contributed by atoms with van der Waals surface area (Å²) in [7, 11) is 0. The van der Waals surface area contributed by atoms with Crippen molar-refractivity contribution in [1.29, 1.82) is 0 Å². The molecular formula is C21H31NO3. The molecule has 4 heteroatoms. The summed E-state index contributed by atoms with van der Waals surface area (Å²) in [6, 6.07) is 8.58. The Balaban J connectivity index is 2.95. The van der Waals surface area contributed by atoms with Crippen LogP contribution in [0.2, 0.25) is 0 Å². The SMILES string of the molecule is CC(=O)[C@H](C)CCC(C)(C)CN(C(=O)c1ccccc1)[C@@H](C)C(C)=O. The Hall–Kier alpha value is -1.97. The average Bonchev–Trinajstić information content (AvgIpc) is 2.57. The maximum atomic E-state index is 12.9. The van der Waals surface area contributed by atoms with E-state index in [1.165, 1.54) is 6.92 Å². The van der Waals surface area contributed by atoms with E-state index in [0.717, 1.165) is 12.8 Å². The molecule has 0 bridgehead atoms. The van der Waals surface area contributed by atoms with Gasteiger partial charge in [-0.25, -0.2) is 0 Å². The van der Waals surface area contributed by atoms with E-state index < -0.39 is 6.04 Å². The van der Waals surface area contributed by atoms with Gasteiger partial charge in [-0.3, -0.25) is 14.4 Å². The number of rotatable bonds is 9. The molecular weight excluding hydrogens is 314 g/mol. The van der Waals surface area contributed by atoms with Crippen LogP contribution in [0.5, 0.6) is 0 Å². The van der Waals surface area contributed by atoms with E-state index in [1.54, 1.807) is 30.9 Å². The van der Waals surface area contributed by atoms with Crippen LogP contribution in [-0.4, -0.2) is 35.0 Å². The number of Topliss-reactive ketones (excluding diaryl/α,β-unsaturated/α-hetero) is 2. The van der Waals surface area contributed by atoms with Gasteiger partial charge in [0.05, 0.1) is 6.04 Å². The van der Waals surface area contributed by atoms with E-state index in [2.05, 4.69) is 13.8 Å². The van der Waals surface area contributed by atoms with Crippen molar-refractivity contribution in [2.24, 2.45) is 11.3 Å². The first-order valence-corrected chi connectivity index (χ1v) is 8.92. The molecule has 4 nitrogen and oxygen atoms in total. The number of nitrogens with zero attached hydrogens (tertiary/aromatic N) is 1. The van der Waals surface area contributed by atoms with Crippen LogP contribution in [-0.2, 0) is 9.59 Å². The fourth-order valence-electron chi connectivity index (χ4n) is 2.70. The van der Waals surface area contributed by atoms with Crippen LogP contribution in [0.4, 0.5) is 0 Å². The summed E-state index contributed by atoms with van der Waals surface area (Å²) in [5.41, 5.74) is 0.404. The predicted octanol–water partition coefficient (Wildman–Crippen LogP) is 4.14. The fraction of sp³-hybridized carbons (Fsp3) is 0.571. The zero-order valence-corrected chi connectivity index (χ0v) is 16.3. The first kappa shape index (κ1) is 21.1. The van der Waals surface area contributed by atoms with Crippen LogP contribution < -0.4 is 0 Å². The van der Waals surface area contributed by atoms with Gasteiger partial charge in [0.2, 0.25) is 0 Å². The highest BCUT2D eigenvalue weighted by Gasteiger charge is 2.31. The first-order valence-electron chi connectivity index (χ1n) is 8.92. The van der Waals surface area contributed by atoms with Gasteiger partial charge in [-0.2, -0.15) is 0 Å². The molecule has 0 saturated heterocycles. The molecule has 0 aliphatic carbocycles. The normalized spacial score (nSPS) is 13.8. The van der Waals surface area contributed by atoms with Crippen LogP contribution in [0.3, 0.4) is 0 Å². The van der Waals surface area contributed by atoms with Crippen molar-refractivity contribution in [2.45, 2.75) is 60.4 Å². The highest BCUT2D eigenvalue weighted by molar-refractivity contribution is 5.97. The summed E-state index contributed by atoms with van der Waals surface area (Å²) in [6.07, 6.45) is 1.60. The Labute approximate surface area is 151 Å². The van der Waals surface area contributed by atoms with Gasteiger partial charge in [0.15, 0.2) is 5.78 Å². The summed E-state index contributed by atoms with van der Waals surface area (Å²) in [6.45, 7) is 11.5. The van der Waals surface area contributed by atoms with E-state index in [-0.39, 0.29) is 28.8 Å². The molecule has 0 fully saturated rings. The van der Waals surface area contributed by atoms with E-state index >= 15 is 0 Å². The molecule has 1 aromatic carbocycles. The largest absolute Gasteiger partial charge is 0.328 e. The molecule has 0 radical (unpaired) electrons. The number of ketones is 2. The van der Waals surface area contributed by atoms with Gasteiger partial charge in [-0.05, 0) is 51.2 Å². The zero-order valence-electron chi connectivity index (χ0n) is 16.3. The van der Waals surface area contributed by atoms with Gasteiger partial charge in [0.1, 0.15) is 5.78 Å². The van der Waals surface area contributed by atoms with Crippen LogP contribution in [0.1, 0.15) is 64.7 Å². The summed E-state index contributed by atoms with van der Waals surface area (Å²) < 4.78 is 0. The lowest BCUT2D eigenvalue weighted by Crippen LogP contribution is -2.47. The Bertz CT molecular complexity index is 607. The Morgan fingerprint density at radius 3 is 2.04 bits per heavy atom. The summed E-state index contributed by atoms with van der Waals surface area (Å²) in [5.74, 6) is 0.0427. The second kappa shape index (κ2) is 8.93. The second-order valence-electron chi connectivity index (χ2n) is 7.80. The average molecular weight is 345 g/mol. The molecule has 0 saturated carbocycles. The quantitative estimate of drug-likeness (QED) is 0.676. The molecule has 25 heavy (non-hydrogen) atoms. The molecule has 1 amide bonds. The van der Waals surface area contributed by atoms with Crippen molar-refractivity contribution in [3.05, 3.63) is 35.9 Å². The molecule has 0 aliphatic heterocycles. The molecule has 0 N–H and O–H groups in total. The lowest BCUT2D eigenvalue weighted by atomic mass is 9.83. The molecule has 0 aromatic heterocycles. The van der Waals surface area contributed by atoms with Crippen molar-refractivity contribution in [1.82, 2.24) is 4.90 Å². The highest BCUT2D eigenvalue weighted by atomic mass is 16.2. The van der Waals surface area contributed by atoms with Crippen LogP contribution in [0, 0.1) is 11.3 Å². The lowest BCUT2D eigenvalue weighted by Gasteiger charge is -2.36. The van der Waals surface area contributed by atoms with E-state index in [4.69, 9.17) is 0 Å². The van der Waals surface area contributed by atoms with Crippen LogP contribution >= 0.6 is 0 Å². The third-order valence-corrected chi connectivity index (χ3v) is 4.88. The summed E-state index contributed by atoms with van der Waals surface area (Å²) in [5, 5.41) is 0. The Morgan fingerprint density at radius 1 is 1.00 bits per heavy atom. The van der Waals surface area contributed by atoms with E-state index in [1.807, 2.05) is 25.1 Å². The minimum absolute atomic E-state index is 0.0165. The molecule has 0 heterocycles. The van der Waals surface area contributed by atoms with E-state index in [0.29, 0.717) is 12.1 Å². The topological polar surface area (TPSA) is 54.5 Å². The van der Waals surface area contributed by atoms with Crippen LogP contribution in [0.25, 0.3) is 0 Å². The third-order valence-electron chi connectivity index (χ3n) is 4.88. The van der Waals surface area contributed by atoms with Gasteiger partial charge in [0, 0.05) is 18.0 Å². The Kier molecular flexibility index (Phi) is 7.53. The number of carbonyl (C=O) groups is 3. The number of carbonyl (C=O) groups excluding carboxylic acids is 3. The second-order valence-corrected chi connectivity index (χ2v) is 7.80. The van der Waals surface area contributed by atoms with Crippen molar-refractivity contribution in [2.75, 3.05) is 6.54 Å². The fourth-order valence-corrected chi connectivity index (χ4v) is 2.70. The standard InChI is InChI=1S/C21H31NO3/c1-15(17(3)23)12-13-21(5,6)14-22(16(2)18(4)24)20(25)19-10-8-7-9-11-19/h7-11,15-16H,12-14H2,1-6H3/t15-,16+/m1/s1. The molecule has 1 aromatic rings. The number of hydrogen-bond acceptors (Lipinski definition) is 3. The number of amides is 1. The van der Waals surface area contributed by atoms with Gasteiger partial charge in [0.25, 0.3) is 5.91 Å². The number of benzene rings is 1. The summed E-state index contributed by atoms with van der Waals surface area (Å²) in [4.78, 5) is 38.0. The molecule has 0 unspecified atom stereocenters. The molecule has 1 rings (SSSR count). The van der Waals surface area contributed by atoms with Gasteiger partial charge >= 0.3 is 0 Å². The predicted molar refractivity (Wildman–Crippen MR) is 100 cm³/mol. The monoisotopic (exact) mass is 345 g/mol. The first-order chi connectivity index (χ1) is 11.5. The molecule has 138 valence electrons. The third kappa shape index (κ3) is 6.45. The lowest BCUT2D eigenvalue weighted by molar-refractivity contribution is -0.121. The molecule has 0 spiro atoms. The van der Waals surface area contributed by atoms with Crippen molar-refractivity contribution >= 4 is 17.5 Å². The Morgan fingerprint density at radius 2 is 1.56 bits per heavy atom. The zero-order chi connectivity index (χ0) is 19.2. The highest BCUT2D eigenvalue weighted by Crippen LogP contribution is 2.28. The minimum atomic E-state index is -0.475. The number of hydrogen-bond donors (Lipinski definition) is 0. The molecule has 2 atom stereocenters. The van der Waals surface area contributed by atoms with Crippen molar-refractivity contribution in [3.8, 4) is 0 Å². The van der Waals surface area contributed by atoms with Gasteiger partial charge < -0.3 is 4.90 Å².